The van der Waals surface area contributed by atoms with Crippen molar-refractivity contribution in [1.82, 2.24) is 9.97 Å². The number of carbonyl (C=O) groups is 2. The van der Waals surface area contributed by atoms with Crippen LogP contribution in [0, 0.1) is 12.7 Å². The summed E-state index contributed by atoms with van der Waals surface area (Å²) in [7, 11) is 0. The van der Waals surface area contributed by atoms with E-state index < -0.39 is 5.91 Å². The monoisotopic (exact) mass is 378 g/mol. The molecule has 0 aliphatic heterocycles. The minimum Gasteiger partial charge on any atom is -0.366 e. The van der Waals surface area contributed by atoms with Crippen LogP contribution in [0.1, 0.15) is 39.2 Å². The van der Waals surface area contributed by atoms with Crippen LogP contribution in [0.5, 0.6) is 0 Å². The van der Waals surface area contributed by atoms with E-state index in [4.69, 9.17) is 0 Å². The van der Waals surface area contributed by atoms with Crippen LogP contribution in [-0.4, -0.2) is 21.7 Å². The van der Waals surface area contributed by atoms with Gasteiger partial charge in [-0.3, -0.25) is 9.59 Å². The number of anilines is 2. The first-order chi connectivity index (χ1) is 13.4. The number of ketones is 1. The van der Waals surface area contributed by atoms with Crippen LogP contribution in [0.25, 0.3) is 0 Å². The SMILES string of the molecule is CC(=O)c1cccc(NC(=O)c2cc(NCc3ccc(F)cc3)nc(C)n2)c1. The predicted molar refractivity (Wildman–Crippen MR) is 105 cm³/mol. The Morgan fingerprint density at radius 1 is 1.04 bits per heavy atom. The van der Waals surface area contributed by atoms with E-state index in [0.717, 1.165) is 5.56 Å². The summed E-state index contributed by atoms with van der Waals surface area (Å²) in [4.78, 5) is 32.5. The van der Waals surface area contributed by atoms with Crippen LogP contribution < -0.4 is 10.6 Å². The zero-order valence-corrected chi connectivity index (χ0v) is 15.5. The lowest BCUT2D eigenvalue weighted by molar-refractivity contribution is 0.100. The van der Waals surface area contributed by atoms with Gasteiger partial charge in [-0.1, -0.05) is 24.3 Å². The van der Waals surface area contributed by atoms with Gasteiger partial charge in [0.25, 0.3) is 5.91 Å². The van der Waals surface area contributed by atoms with Gasteiger partial charge in [0.2, 0.25) is 0 Å². The van der Waals surface area contributed by atoms with Crippen LogP contribution in [0.15, 0.2) is 54.6 Å². The first-order valence-corrected chi connectivity index (χ1v) is 8.67. The number of carbonyl (C=O) groups excluding carboxylic acids is 2. The maximum absolute atomic E-state index is 13.0. The highest BCUT2D eigenvalue weighted by molar-refractivity contribution is 6.04. The van der Waals surface area contributed by atoms with Crippen molar-refractivity contribution in [3.8, 4) is 0 Å². The molecule has 7 heteroatoms. The maximum atomic E-state index is 13.0. The molecule has 1 amide bonds. The van der Waals surface area contributed by atoms with Gasteiger partial charge in [-0.05, 0) is 43.7 Å². The molecule has 0 bridgehead atoms. The summed E-state index contributed by atoms with van der Waals surface area (Å²) in [6, 6.07) is 14.4. The second-order valence-corrected chi connectivity index (χ2v) is 6.26. The summed E-state index contributed by atoms with van der Waals surface area (Å²) in [5.74, 6) is 0.137. The molecule has 3 rings (SSSR count). The van der Waals surface area contributed by atoms with E-state index in [1.807, 2.05) is 0 Å². The molecular weight excluding hydrogens is 359 g/mol. The molecule has 0 aliphatic carbocycles. The zero-order valence-electron chi connectivity index (χ0n) is 15.5. The second-order valence-electron chi connectivity index (χ2n) is 6.26. The lowest BCUT2D eigenvalue weighted by Gasteiger charge is -2.10. The van der Waals surface area contributed by atoms with Crippen LogP contribution in [0.4, 0.5) is 15.9 Å². The van der Waals surface area contributed by atoms with Crippen LogP contribution in [0.2, 0.25) is 0 Å². The fourth-order valence-corrected chi connectivity index (χ4v) is 2.58. The minimum atomic E-state index is -0.406. The molecule has 142 valence electrons. The first kappa shape index (κ1) is 19.2. The Kier molecular flexibility index (Phi) is 5.74. The molecule has 0 atom stereocenters. The predicted octanol–water partition coefficient (Wildman–Crippen LogP) is 3.99. The Balaban J connectivity index is 1.73. The lowest BCUT2D eigenvalue weighted by Crippen LogP contribution is -2.16. The summed E-state index contributed by atoms with van der Waals surface area (Å²) in [6.07, 6.45) is 0. The number of hydrogen-bond acceptors (Lipinski definition) is 5. The van der Waals surface area contributed by atoms with Crippen molar-refractivity contribution in [2.75, 3.05) is 10.6 Å². The molecule has 3 aromatic rings. The van der Waals surface area contributed by atoms with Crippen molar-refractivity contribution >= 4 is 23.2 Å². The lowest BCUT2D eigenvalue weighted by atomic mass is 10.1. The summed E-state index contributed by atoms with van der Waals surface area (Å²) >= 11 is 0. The van der Waals surface area contributed by atoms with Crippen LogP contribution in [0.3, 0.4) is 0 Å². The quantitative estimate of drug-likeness (QED) is 0.634. The number of halogens is 1. The van der Waals surface area contributed by atoms with Gasteiger partial charge < -0.3 is 10.6 Å². The van der Waals surface area contributed by atoms with Gasteiger partial charge in [-0.2, -0.15) is 0 Å². The zero-order chi connectivity index (χ0) is 20.1. The van der Waals surface area contributed by atoms with E-state index in [0.29, 0.717) is 29.4 Å². The Morgan fingerprint density at radius 2 is 1.79 bits per heavy atom. The number of aryl methyl sites for hydroxylation is 1. The third-order valence-corrected chi connectivity index (χ3v) is 3.98. The molecule has 1 heterocycles. The van der Waals surface area contributed by atoms with Crippen molar-refractivity contribution < 1.29 is 14.0 Å². The van der Waals surface area contributed by atoms with E-state index in [-0.39, 0.29) is 17.3 Å². The number of benzene rings is 2. The van der Waals surface area contributed by atoms with Crippen LogP contribution in [-0.2, 0) is 6.54 Å². The molecule has 0 unspecified atom stereocenters. The molecular formula is C21H19FN4O2. The Bertz CT molecular complexity index is 1020. The standard InChI is InChI=1S/C21H19FN4O2/c1-13(27)16-4-3-5-18(10-16)26-21(28)19-11-20(25-14(2)24-19)23-12-15-6-8-17(22)9-7-15/h3-11H,12H2,1-2H3,(H,26,28)(H,23,24,25). The molecule has 28 heavy (non-hydrogen) atoms. The smallest absolute Gasteiger partial charge is 0.274 e. The van der Waals surface area contributed by atoms with Gasteiger partial charge in [-0.25, -0.2) is 14.4 Å². The van der Waals surface area contributed by atoms with Gasteiger partial charge in [0.15, 0.2) is 5.78 Å². The molecule has 0 fully saturated rings. The Morgan fingerprint density at radius 3 is 2.50 bits per heavy atom. The molecule has 0 saturated carbocycles. The number of amides is 1. The molecule has 1 aromatic heterocycles. The summed E-state index contributed by atoms with van der Waals surface area (Å²) < 4.78 is 13.0. The third-order valence-electron chi connectivity index (χ3n) is 3.98. The third kappa shape index (κ3) is 4.97. The van der Waals surface area contributed by atoms with E-state index >= 15 is 0 Å². The minimum absolute atomic E-state index is 0.0822. The fraction of sp³-hybridized carbons (Fsp3) is 0.143. The molecule has 0 radical (unpaired) electrons. The number of Topliss-reactive ketones (excluding diaryl/α,β-unsaturated/α-hetero) is 1. The van der Waals surface area contributed by atoms with E-state index in [9.17, 15) is 14.0 Å². The summed E-state index contributed by atoms with van der Waals surface area (Å²) in [5.41, 5.74) is 2.10. The van der Waals surface area contributed by atoms with Crippen molar-refractivity contribution in [2.45, 2.75) is 20.4 Å². The molecule has 2 N–H and O–H groups in total. The van der Waals surface area contributed by atoms with Crippen molar-refractivity contribution in [2.24, 2.45) is 0 Å². The number of aromatic nitrogens is 2. The van der Waals surface area contributed by atoms with Crippen molar-refractivity contribution in [3.05, 3.63) is 83.1 Å². The van der Waals surface area contributed by atoms with Crippen molar-refractivity contribution in [3.63, 3.8) is 0 Å². The number of rotatable bonds is 6. The Labute approximate surface area is 161 Å². The van der Waals surface area contributed by atoms with E-state index in [1.165, 1.54) is 19.1 Å². The van der Waals surface area contributed by atoms with Gasteiger partial charge in [0.1, 0.15) is 23.2 Å². The highest BCUT2D eigenvalue weighted by atomic mass is 19.1. The highest BCUT2D eigenvalue weighted by Crippen LogP contribution is 2.14. The summed E-state index contributed by atoms with van der Waals surface area (Å²) in [5, 5.41) is 5.84. The average molecular weight is 378 g/mol. The number of nitrogens with one attached hydrogen (secondary N) is 2. The largest absolute Gasteiger partial charge is 0.366 e. The number of hydrogen-bond donors (Lipinski definition) is 2. The first-order valence-electron chi connectivity index (χ1n) is 8.67. The topological polar surface area (TPSA) is 84.0 Å². The van der Waals surface area contributed by atoms with Crippen LogP contribution >= 0.6 is 0 Å². The van der Waals surface area contributed by atoms with Gasteiger partial charge in [-0.15, -0.1) is 0 Å². The van der Waals surface area contributed by atoms with Gasteiger partial charge in [0, 0.05) is 23.9 Å². The summed E-state index contributed by atoms with van der Waals surface area (Å²) in [6.45, 7) is 3.59. The molecule has 2 aromatic carbocycles. The molecule has 0 spiro atoms. The molecule has 6 nitrogen and oxygen atoms in total. The number of nitrogens with zero attached hydrogens (tertiary/aromatic N) is 2. The molecule has 0 saturated heterocycles. The second kappa shape index (κ2) is 8.39. The average Bonchev–Trinajstić information content (AvgIpc) is 2.67. The normalized spacial score (nSPS) is 10.4. The Hall–Kier alpha value is -3.61. The van der Waals surface area contributed by atoms with Gasteiger partial charge in [0.05, 0.1) is 0 Å². The van der Waals surface area contributed by atoms with E-state index in [1.54, 1.807) is 49.4 Å². The van der Waals surface area contributed by atoms with Crippen molar-refractivity contribution in [1.29, 1.82) is 0 Å². The highest BCUT2D eigenvalue weighted by Gasteiger charge is 2.12. The molecule has 0 aliphatic rings. The van der Waals surface area contributed by atoms with E-state index in [2.05, 4.69) is 20.6 Å². The maximum Gasteiger partial charge on any atom is 0.274 e. The van der Waals surface area contributed by atoms with Gasteiger partial charge >= 0.3 is 0 Å². The fourth-order valence-electron chi connectivity index (χ4n) is 2.58.